The smallest absolute Gasteiger partial charge is 0.295 e. The molecule has 0 amide bonds. The molecular weight excluding hydrogens is 584 g/mol. The van der Waals surface area contributed by atoms with Gasteiger partial charge in [0.2, 0.25) is 0 Å². The Balaban J connectivity index is 1.61. The molecule has 0 unspecified atom stereocenters. The molecule has 1 heterocycles. The topological polar surface area (TPSA) is 204 Å². The van der Waals surface area contributed by atoms with Gasteiger partial charge in [-0.3, -0.25) is 9.11 Å². The van der Waals surface area contributed by atoms with E-state index < -0.39 is 30.0 Å². The van der Waals surface area contributed by atoms with Gasteiger partial charge in [-0.2, -0.15) is 21.6 Å². The summed E-state index contributed by atoms with van der Waals surface area (Å²) in [5.74, 6) is 0. The molecule has 16 heteroatoms. The summed E-state index contributed by atoms with van der Waals surface area (Å²) in [7, 11) is -9.39. The van der Waals surface area contributed by atoms with Gasteiger partial charge in [0.1, 0.15) is 20.8 Å². The van der Waals surface area contributed by atoms with E-state index in [-0.39, 0.29) is 22.5 Å². The summed E-state index contributed by atoms with van der Waals surface area (Å²) in [5.41, 5.74) is 6.88. The average molecular weight is 603 g/mol. The molecule has 0 fully saturated rings. The van der Waals surface area contributed by atoms with Crippen LogP contribution in [0.1, 0.15) is 11.1 Å². The number of nitrogens with zero attached hydrogens (tertiary/aromatic N) is 3. The largest absolute Gasteiger partial charge is 0.399 e. The van der Waals surface area contributed by atoms with E-state index in [0.29, 0.717) is 21.3 Å². The molecule has 0 aliphatic rings. The number of nitrogen functional groups attached to an aromatic ring is 1. The second kappa shape index (κ2) is 10.6. The highest BCUT2D eigenvalue weighted by Crippen LogP contribution is 2.34. The predicted molar refractivity (Wildman–Crippen MR) is 146 cm³/mol. The molecule has 1 aromatic heterocycles. The summed E-state index contributed by atoms with van der Waals surface area (Å²) in [6, 6.07) is 16.7. The highest BCUT2D eigenvalue weighted by Gasteiger charge is 2.19. The summed E-state index contributed by atoms with van der Waals surface area (Å²) in [6.07, 6.45) is 2.52. The van der Waals surface area contributed by atoms with E-state index in [9.17, 15) is 25.9 Å². The lowest BCUT2D eigenvalue weighted by molar-refractivity contribution is -0.432. The molecule has 206 valence electrons. The Labute approximate surface area is 231 Å². The maximum absolute atomic E-state index is 12.3. The first kappa shape index (κ1) is 27.7. The van der Waals surface area contributed by atoms with Crippen LogP contribution in [-0.4, -0.2) is 46.2 Å². The third-order valence-corrected chi connectivity index (χ3v) is 8.24. The van der Waals surface area contributed by atoms with Crippen LogP contribution in [-0.2, 0) is 29.6 Å². The summed E-state index contributed by atoms with van der Waals surface area (Å²) in [6.45, 7) is 0. The molecule has 0 atom stereocenters. The zero-order valence-electron chi connectivity index (χ0n) is 19.9. The Morgan fingerprint density at radius 2 is 1.45 bits per heavy atom. The summed E-state index contributed by atoms with van der Waals surface area (Å²) in [5, 5.41) is 22.6. The fraction of sp³-hybridized carbons (Fsp3) is 0. The molecule has 40 heavy (non-hydrogen) atoms. The number of fused-ring (bicyclic) bond motifs is 3. The monoisotopic (exact) mass is 602 g/mol. The van der Waals surface area contributed by atoms with E-state index in [0.717, 1.165) is 29.6 Å². The highest BCUT2D eigenvalue weighted by molar-refractivity contribution is 7.94. The van der Waals surface area contributed by atoms with Crippen molar-refractivity contribution < 1.29 is 40.6 Å². The number of rotatable bonds is 8. The van der Waals surface area contributed by atoms with Gasteiger partial charge in [-0.1, -0.05) is 53.6 Å². The third-order valence-electron chi connectivity index (χ3n) is 5.77. The van der Waals surface area contributed by atoms with Gasteiger partial charge in [-0.05, 0) is 41.5 Å². The molecule has 5 N–H and O–H groups in total. The molecule has 0 aliphatic heterocycles. The number of anilines is 1. The van der Waals surface area contributed by atoms with E-state index >= 15 is 0 Å². The van der Waals surface area contributed by atoms with Crippen LogP contribution in [0.4, 0.5) is 5.69 Å². The zero-order valence-corrected chi connectivity index (χ0v) is 22.4. The number of benzene rings is 4. The molecule has 4 aromatic carbocycles. The lowest BCUT2D eigenvalue weighted by Crippen LogP contribution is -2.05. The van der Waals surface area contributed by atoms with Gasteiger partial charge in [-0.25, -0.2) is 5.26 Å². The highest BCUT2D eigenvalue weighted by atomic mass is 32.2. The van der Waals surface area contributed by atoms with Crippen molar-refractivity contribution in [1.29, 1.82) is 0 Å². The van der Waals surface area contributed by atoms with Gasteiger partial charge in [-0.15, -0.1) is 14.5 Å². The van der Waals surface area contributed by atoms with Crippen LogP contribution in [0, 0.1) is 0 Å². The number of hydrogen-bond donors (Lipinski definition) is 4. The van der Waals surface area contributed by atoms with E-state index in [1.54, 1.807) is 24.3 Å². The van der Waals surface area contributed by atoms with Crippen molar-refractivity contribution in [3.63, 3.8) is 0 Å². The zero-order chi connectivity index (χ0) is 28.7. The number of hydrogen-bond acceptors (Lipinski definition) is 11. The first-order valence-corrected chi connectivity index (χ1v) is 14.7. The molecule has 0 radical (unpaired) electrons. The molecule has 0 saturated heterocycles. The molecule has 5 rings (SSSR count). The van der Waals surface area contributed by atoms with Crippen molar-refractivity contribution in [1.82, 2.24) is 15.0 Å². The second-order valence-corrected chi connectivity index (χ2v) is 11.8. The van der Waals surface area contributed by atoms with Crippen LogP contribution in [0.3, 0.4) is 0 Å². The fourth-order valence-electron chi connectivity index (χ4n) is 4.05. The molecule has 13 nitrogen and oxygen atoms in total. The Morgan fingerprint density at radius 1 is 0.825 bits per heavy atom. The van der Waals surface area contributed by atoms with Crippen molar-refractivity contribution in [2.45, 2.75) is 14.7 Å². The molecule has 0 spiro atoms. The van der Waals surface area contributed by atoms with E-state index in [1.165, 1.54) is 41.2 Å². The van der Waals surface area contributed by atoms with Crippen molar-refractivity contribution >= 4 is 71.9 Å². The van der Waals surface area contributed by atoms with Crippen LogP contribution in [0.5, 0.6) is 0 Å². The Bertz CT molecular complexity index is 2020. The van der Waals surface area contributed by atoms with Gasteiger partial charge in [0.25, 0.3) is 20.2 Å². The molecule has 0 bridgehead atoms. The lowest BCUT2D eigenvalue weighted by Gasteiger charge is -2.07. The minimum Gasteiger partial charge on any atom is -0.399 e. The molecule has 5 aromatic rings. The van der Waals surface area contributed by atoms with Crippen LogP contribution in [0.25, 0.3) is 39.6 Å². The molecule has 0 aliphatic carbocycles. The van der Waals surface area contributed by atoms with Gasteiger partial charge >= 0.3 is 0 Å². The molecular formula is C24H18N4O9S3. The predicted octanol–water partition coefficient (Wildman–Crippen LogP) is 4.25. The quantitative estimate of drug-likeness (QED) is 0.0490. The number of nitrogens with two attached hydrogens (primary N) is 1. The van der Waals surface area contributed by atoms with E-state index in [4.69, 9.17) is 11.0 Å². The average Bonchev–Trinajstić information content (AvgIpc) is 3.34. The van der Waals surface area contributed by atoms with Crippen molar-refractivity contribution in [3.8, 4) is 5.69 Å². The third kappa shape index (κ3) is 5.55. The minimum absolute atomic E-state index is 0.0198. The summed E-state index contributed by atoms with van der Waals surface area (Å²) < 4.78 is 72.1. The van der Waals surface area contributed by atoms with Gasteiger partial charge in [0.05, 0.1) is 17.7 Å². The normalized spacial score (nSPS) is 12.6. The van der Waals surface area contributed by atoms with Crippen molar-refractivity contribution in [2.24, 2.45) is 0 Å². The Kier molecular flexibility index (Phi) is 7.34. The van der Waals surface area contributed by atoms with Crippen LogP contribution >= 0.6 is 12.0 Å². The Hall–Kier alpha value is -3.87. The summed E-state index contributed by atoms with van der Waals surface area (Å²) in [4.78, 5) is 0.784. The van der Waals surface area contributed by atoms with Gasteiger partial charge < -0.3 is 5.73 Å². The van der Waals surface area contributed by atoms with E-state index in [1.807, 2.05) is 6.07 Å². The minimum atomic E-state index is -4.76. The maximum Gasteiger partial charge on any atom is 0.295 e. The lowest BCUT2D eigenvalue weighted by atomic mass is 10.1. The van der Waals surface area contributed by atoms with Gasteiger partial charge in [0.15, 0.2) is 0 Å². The van der Waals surface area contributed by atoms with E-state index in [2.05, 4.69) is 19.6 Å². The molecule has 0 saturated carbocycles. The second-order valence-electron chi connectivity index (χ2n) is 8.31. The van der Waals surface area contributed by atoms with Gasteiger partial charge in [0, 0.05) is 21.4 Å². The SMILES string of the molecule is Nc1ccc(C=Cc2ccc(-n3nc4cc(SOOO)c5ccccc5c4n3)cc2S(=O)(=O)O)c(S(=O)(=O)O)c1. The Morgan fingerprint density at radius 3 is 2.10 bits per heavy atom. The van der Waals surface area contributed by atoms with Crippen molar-refractivity contribution in [2.75, 3.05) is 5.73 Å². The fourth-order valence-corrected chi connectivity index (χ4v) is 6.00. The summed E-state index contributed by atoms with van der Waals surface area (Å²) >= 11 is 0.755. The van der Waals surface area contributed by atoms with Crippen LogP contribution < -0.4 is 5.73 Å². The first-order valence-electron chi connectivity index (χ1n) is 11.1. The standard InChI is InChI=1S/C24H18N4O9S3/c25-16-9-7-14(22(11-16)39(30,31)32)5-6-15-8-10-17(12-23(15)40(33,34)35)28-26-20-13-21(38-37-36-29)18-3-1-2-4-19(18)24(20)27-28/h1-13,29H,25H2,(H,30,31,32)(H,33,34,35). The maximum atomic E-state index is 12.3. The van der Waals surface area contributed by atoms with Crippen molar-refractivity contribution in [3.05, 3.63) is 77.9 Å². The number of aromatic nitrogens is 3. The van der Waals surface area contributed by atoms with Crippen LogP contribution in [0.2, 0.25) is 0 Å². The van der Waals surface area contributed by atoms with Crippen LogP contribution in [0.15, 0.2) is 81.4 Å². The first-order chi connectivity index (χ1) is 19.0.